The van der Waals surface area contributed by atoms with Crippen LogP contribution in [0.2, 0.25) is 0 Å². The average Bonchev–Trinajstić information content (AvgIpc) is 2.51. The van der Waals surface area contributed by atoms with Gasteiger partial charge in [0.05, 0.1) is 5.56 Å². The highest BCUT2D eigenvalue weighted by atomic mass is 16.2. The van der Waals surface area contributed by atoms with E-state index in [9.17, 15) is 14.4 Å². The van der Waals surface area contributed by atoms with Gasteiger partial charge in [0.2, 0.25) is 5.91 Å². The standard InChI is InChI=1S/C15H24N4O3/c1-5-19(6-2)10-9-16-13(20)8-7-12-11-17(3)15(22)18(4)14(12)21/h7-8,11H,5-6,9-10H2,1-4H3,(H,16,20)/b8-7+. The lowest BCUT2D eigenvalue weighted by Crippen LogP contribution is -2.37. The van der Waals surface area contributed by atoms with Crippen molar-refractivity contribution in [2.45, 2.75) is 13.8 Å². The maximum Gasteiger partial charge on any atom is 0.330 e. The fraction of sp³-hybridized carbons (Fsp3) is 0.533. The minimum Gasteiger partial charge on any atom is -0.351 e. The van der Waals surface area contributed by atoms with Crippen LogP contribution >= 0.6 is 0 Å². The van der Waals surface area contributed by atoms with Crippen molar-refractivity contribution in [2.75, 3.05) is 26.2 Å². The van der Waals surface area contributed by atoms with Crippen molar-refractivity contribution >= 4 is 12.0 Å². The lowest BCUT2D eigenvalue weighted by molar-refractivity contribution is -0.116. The minimum absolute atomic E-state index is 0.261. The van der Waals surface area contributed by atoms with Crippen molar-refractivity contribution < 1.29 is 4.79 Å². The maximum atomic E-state index is 11.9. The summed E-state index contributed by atoms with van der Waals surface area (Å²) in [6.45, 7) is 7.36. The molecule has 22 heavy (non-hydrogen) atoms. The molecule has 0 aromatic carbocycles. The van der Waals surface area contributed by atoms with Gasteiger partial charge in [-0.05, 0) is 19.2 Å². The number of nitrogens with one attached hydrogen (secondary N) is 1. The summed E-state index contributed by atoms with van der Waals surface area (Å²) in [6.07, 6.45) is 4.16. The summed E-state index contributed by atoms with van der Waals surface area (Å²) in [5, 5.41) is 2.77. The molecule has 1 rings (SSSR count). The van der Waals surface area contributed by atoms with Crippen LogP contribution in [0.15, 0.2) is 21.9 Å². The summed E-state index contributed by atoms with van der Waals surface area (Å²) in [5.41, 5.74) is -0.524. The quantitative estimate of drug-likeness (QED) is 0.693. The highest BCUT2D eigenvalue weighted by Crippen LogP contribution is 1.92. The van der Waals surface area contributed by atoms with Crippen LogP contribution in [0.3, 0.4) is 0 Å². The van der Waals surface area contributed by atoms with Gasteiger partial charge in [0.1, 0.15) is 0 Å². The number of amides is 1. The third-order valence-electron chi connectivity index (χ3n) is 3.51. The van der Waals surface area contributed by atoms with Crippen molar-refractivity contribution in [2.24, 2.45) is 14.1 Å². The van der Waals surface area contributed by atoms with Gasteiger partial charge in [0.15, 0.2) is 0 Å². The summed E-state index contributed by atoms with van der Waals surface area (Å²) in [7, 11) is 2.97. The first-order valence-electron chi connectivity index (χ1n) is 7.35. The number of nitrogens with zero attached hydrogens (tertiary/aromatic N) is 3. The number of aromatic nitrogens is 2. The van der Waals surface area contributed by atoms with E-state index in [-0.39, 0.29) is 5.91 Å². The first-order valence-corrected chi connectivity index (χ1v) is 7.35. The Labute approximate surface area is 129 Å². The molecule has 0 saturated heterocycles. The molecule has 0 aliphatic carbocycles. The summed E-state index contributed by atoms with van der Waals surface area (Å²) < 4.78 is 2.32. The molecule has 0 spiro atoms. The minimum atomic E-state index is -0.421. The van der Waals surface area contributed by atoms with Crippen LogP contribution in [0.5, 0.6) is 0 Å². The monoisotopic (exact) mass is 308 g/mol. The summed E-state index contributed by atoms with van der Waals surface area (Å²) >= 11 is 0. The van der Waals surface area contributed by atoms with E-state index in [4.69, 9.17) is 0 Å². The van der Waals surface area contributed by atoms with Crippen molar-refractivity contribution in [3.05, 3.63) is 38.7 Å². The highest BCUT2D eigenvalue weighted by molar-refractivity contribution is 5.91. The molecule has 0 atom stereocenters. The molecule has 0 saturated carbocycles. The number of hydrogen-bond acceptors (Lipinski definition) is 4. The molecule has 0 aliphatic heterocycles. The Bertz CT molecular complexity index is 654. The van der Waals surface area contributed by atoms with Crippen LogP contribution in [-0.2, 0) is 18.9 Å². The predicted octanol–water partition coefficient (Wildman–Crippen LogP) is -0.445. The van der Waals surface area contributed by atoms with E-state index < -0.39 is 11.2 Å². The van der Waals surface area contributed by atoms with Crippen LogP contribution in [0.25, 0.3) is 6.08 Å². The van der Waals surface area contributed by atoms with E-state index in [0.29, 0.717) is 12.1 Å². The average molecular weight is 308 g/mol. The normalized spacial score (nSPS) is 11.3. The van der Waals surface area contributed by atoms with Gasteiger partial charge in [-0.2, -0.15) is 0 Å². The zero-order chi connectivity index (χ0) is 16.7. The molecule has 0 fully saturated rings. The van der Waals surface area contributed by atoms with Gasteiger partial charge in [-0.25, -0.2) is 4.79 Å². The van der Waals surface area contributed by atoms with Gasteiger partial charge < -0.3 is 14.8 Å². The number of carbonyl (C=O) groups is 1. The highest BCUT2D eigenvalue weighted by Gasteiger charge is 2.05. The number of likely N-dealkylation sites (N-methyl/N-ethyl adjacent to an activating group) is 1. The van der Waals surface area contributed by atoms with Gasteiger partial charge >= 0.3 is 5.69 Å². The molecule has 1 aromatic rings. The summed E-state index contributed by atoms with van der Waals surface area (Å²) in [6, 6.07) is 0. The van der Waals surface area contributed by atoms with E-state index in [1.807, 2.05) is 0 Å². The zero-order valence-corrected chi connectivity index (χ0v) is 13.6. The van der Waals surface area contributed by atoms with Crippen LogP contribution < -0.4 is 16.6 Å². The van der Waals surface area contributed by atoms with Crippen LogP contribution in [-0.4, -0.2) is 46.1 Å². The molecular weight excluding hydrogens is 284 g/mol. The number of carbonyl (C=O) groups excluding carboxylic acids is 1. The Morgan fingerprint density at radius 3 is 2.50 bits per heavy atom. The summed E-state index contributed by atoms with van der Waals surface area (Å²) in [4.78, 5) is 37.4. The first-order chi connectivity index (χ1) is 10.4. The van der Waals surface area contributed by atoms with Crippen molar-refractivity contribution in [1.29, 1.82) is 0 Å². The van der Waals surface area contributed by atoms with E-state index in [1.165, 1.54) is 30.0 Å². The van der Waals surface area contributed by atoms with Crippen molar-refractivity contribution in [3.8, 4) is 0 Å². The lowest BCUT2D eigenvalue weighted by atomic mass is 10.3. The van der Waals surface area contributed by atoms with E-state index in [1.54, 1.807) is 7.05 Å². The van der Waals surface area contributed by atoms with E-state index >= 15 is 0 Å². The molecule has 0 radical (unpaired) electrons. The topological polar surface area (TPSA) is 76.3 Å². The molecule has 1 amide bonds. The molecule has 7 nitrogen and oxygen atoms in total. The molecule has 1 N–H and O–H groups in total. The second-order valence-electron chi connectivity index (χ2n) is 4.99. The van der Waals surface area contributed by atoms with E-state index in [2.05, 4.69) is 24.1 Å². The van der Waals surface area contributed by atoms with Crippen LogP contribution in [0.4, 0.5) is 0 Å². The maximum absolute atomic E-state index is 11.9. The van der Waals surface area contributed by atoms with Gasteiger partial charge in [-0.15, -0.1) is 0 Å². The number of rotatable bonds is 7. The Morgan fingerprint density at radius 1 is 1.27 bits per heavy atom. The number of hydrogen-bond donors (Lipinski definition) is 1. The lowest BCUT2D eigenvalue weighted by Gasteiger charge is -2.17. The third kappa shape index (κ3) is 4.70. The van der Waals surface area contributed by atoms with Crippen molar-refractivity contribution in [3.63, 3.8) is 0 Å². The number of aryl methyl sites for hydroxylation is 1. The Kier molecular flexibility index (Phi) is 6.78. The molecule has 0 aliphatic rings. The molecule has 0 unspecified atom stereocenters. The second-order valence-corrected chi connectivity index (χ2v) is 4.99. The second kappa shape index (κ2) is 8.33. The zero-order valence-electron chi connectivity index (χ0n) is 13.6. The fourth-order valence-electron chi connectivity index (χ4n) is 2.05. The largest absolute Gasteiger partial charge is 0.351 e. The molecule has 0 bridgehead atoms. The van der Waals surface area contributed by atoms with Crippen molar-refractivity contribution in [1.82, 2.24) is 19.4 Å². The molecule has 122 valence electrons. The third-order valence-corrected chi connectivity index (χ3v) is 3.51. The SMILES string of the molecule is CCN(CC)CCNC(=O)/C=C/c1cn(C)c(=O)n(C)c1=O. The predicted molar refractivity (Wildman–Crippen MR) is 86.8 cm³/mol. The van der Waals surface area contributed by atoms with Crippen LogP contribution in [0, 0.1) is 0 Å². The Balaban J connectivity index is 2.68. The van der Waals surface area contributed by atoms with Gasteiger partial charge in [-0.1, -0.05) is 13.8 Å². The molecule has 1 aromatic heterocycles. The molecule has 1 heterocycles. The molecular formula is C15H24N4O3. The van der Waals surface area contributed by atoms with Gasteiger partial charge in [0, 0.05) is 39.5 Å². The smallest absolute Gasteiger partial charge is 0.330 e. The van der Waals surface area contributed by atoms with E-state index in [0.717, 1.165) is 24.2 Å². The van der Waals surface area contributed by atoms with Crippen LogP contribution in [0.1, 0.15) is 19.4 Å². The first kappa shape index (κ1) is 17.9. The Morgan fingerprint density at radius 2 is 1.91 bits per heavy atom. The summed E-state index contributed by atoms with van der Waals surface area (Å²) in [5.74, 6) is -0.261. The Hall–Kier alpha value is -2.15. The van der Waals surface area contributed by atoms with Gasteiger partial charge in [0.25, 0.3) is 5.56 Å². The molecule has 7 heteroatoms. The van der Waals surface area contributed by atoms with Gasteiger partial charge in [-0.3, -0.25) is 14.2 Å². The fourth-order valence-corrected chi connectivity index (χ4v) is 2.05.